The predicted octanol–water partition coefficient (Wildman–Crippen LogP) is 3.06. The highest BCUT2D eigenvalue weighted by molar-refractivity contribution is 9.10. The van der Waals surface area contributed by atoms with Crippen LogP contribution >= 0.6 is 15.9 Å². The van der Waals surface area contributed by atoms with E-state index in [1.54, 1.807) is 0 Å². The number of aliphatic carboxylic acids is 1. The summed E-state index contributed by atoms with van der Waals surface area (Å²) in [6.45, 7) is 2.80. The molecule has 1 aromatic carbocycles. The van der Waals surface area contributed by atoms with Crippen LogP contribution in [0.1, 0.15) is 18.4 Å². The summed E-state index contributed by atoms with van der Waals surface area (Å²) in [6.07, 6.45) is 0.890. The second-order valence-corrected chi connectivity index (χ2v) is 4.71. The number of hydrogen-bond acceptors (Lipinski definition) is 2. The number of carboxylic acid groups (broad SMARTS) is 1. The molecule has 0 radical (unpaired) electrons. The second kappa shape index (κ2) is 5.89. The van der Waals surface area contributed by atoms with Gasteiger partial charge in [0.1, 0.15) is 0 Å². The first-order chi connectivity index (χ1) is 7.50. The Labute approximate surface area is 104 Å². The van der Waals surface area contributed by atoms with Crippen molar-refractivity contribution in [3.05, 3.63) is 28.2 Å². The zero-order chi connectivity index (χ0) is 12.1. The molecule has 88 valence electrons. The molecular weight excluding hydrogens is 270 g/mol. The van der Waals surface area contributed by atoms with Crippen LogP contribution in [-0.4, -0.2) is 24.7 Å². The van der Waals surface area contributed by atoms with Crippen molar-refractivity contribution in [1.82, 2.24) is 0 Å². The van der Waals surface area contributed by atoms with Crippen LogP contribution in [0.5, 0.6) is 0 Å². The lowest BCUT2D eigenvalue weighted by Crippen LogP contribution is -2.19. The van der Waals surface area contributed by atoms with Gasteiger partial charge in [-0.05, 0) is 37.1 Å². The average Bonchev–Trinajstić information content (AvgIpc) is 2.21. The van der Waals surface area contributed by atoms with Gasteiger partial charge in [0.05, 0.1) is 0 Å². The average molecular weight is 286 g/mol. The molecule has 3 nitrogen and oxygen atoms in total. The van der Waals surface area contributed by atoms with Gasteiger partial charge in [-0.15, -0.1) is 0 Å². The summed E-state index contributed by atoms with van der Waals surface area (Å²) in [5, 5.41) is 8.55. The van der Waals surface area contributed by atoms with Crippen LogP contribution in [0.2, 0.25) is 0 Å². The molecule has 0 atom stereocenters. The Morgan fingerprint density at radius 3 is 2.75 bits per heavy atom. The van der Waals surface area contributed by atoms with Crippen LogP contribution < -0.4 is 4.90 Å². The standard InChI is InChI=1S/C12H16BrNO2/c1-9-8-10(5-6-11(9)13)14(2)7-3-4-12(15)16/h5-6,8H,3-4,7H2,1-2H3,(H,15,16). The van der Waals surface area contributed by atoms with E-state index >= 15 is 0 Å². The van der Waals surface area contributed by atoms with Gasteiger partial charge < -0.3 is 10.0 Å². The molecule has 0 fully saturated rings. The Morgan fingerprint density at radius 2 is 2.19 bits per heavy atom. The number of benzene rings is 1. The summed E-state index contributed by atoms with van der Waals surface area (Å²) in [5.74, 6) is -0.736. The van der Waals surface area contributed by atoms with Crippen molar-refractivity contribution in [2.45, 2.75) is 19.8 Å². The van der Waals surface area contributed by atoms with Crippen LogP contribution in [0.15, 0.2) is 22.7 Å². The van der Waals surface area contributed by atoms with E-state index in [9.17, 15) is 4.79 Å². The smallest absolute Gasteiger partial charge is 0.303 e. The van der Waals surface area contributed by atoms with E-state index in [0.29, 0.717) is 6.42 Å². The van der Waals surface area contributed by atoms with Gasteiger partial charge >= 0.3 is 5.97 Å². The molecule has 0 aliphatic carbocycles. The van der Waals surface area contributed by atoms with E-state index in [1.807, 2.05) is 26.1 Å². The molecule has 1 N–H and O–H groups in total. The molecular formula is C12H16BrNO2. The summed E-state index contributed by atoms with van der Waals surface area (Å²) in [4.78, 5) is 12.5. The minimum atomic E-state index is -0.736. The third kappa shape index (κ3) is 3.85. The molecule has 4 heteroatoms. The molecule has 1 rings (SSSR count). The van der Waals surface area contributed by atoms with Crippen LogP contribution in [0, 0.1) is 6.92 Å². The van der Waals surface area contributed by atoms with Gasteiger partial charge in [0.25, 0.3) is 0 Å². The summed E-state index contributed by atoms with van der Waals surface area (Å²) < 4.78 is 1.09. The van der Waals surface area contributed by atoms with Gasteiger partial charge in [-0.3, -0.25) is 4.79 Å². The summed E-state index contributed by atoms with van der Waals surface area (Å²) >= 11 is 3.45. The van der Waals surface area contributed by atoms with Crippen molar-refractivity contribution in [3.8, 4) is 0 Å². The number of rotatable bonds is 5. The summed E-state index contributed by atoms with van der Waals surface area (Å²) in [5.41, 5.74) is 2.30. The van der Waals surface area contributed by atoms with Crippen molar-refractivity contribution in [2.24, 2.45) is 0 Å². The van der Waals surface area contributed by atoms with Crippen molar-refractivity contribution >= 4 is 27.6 Å². The normalized spacial score (nSPS) is 10.2. The maximum absolute atomic E-state index is 10.4. The second-order valence-electron chi connectivity index (χ2n) is 3.85. The molecule has 0 heterocycles. The molecule has 0 unspecified atom stereocenters. The van der Waals surface area contributed by atoms with Crippen LogP contribution in [0.25, 0.3) is 0 Å². The Kier molecular flexibility index (Phi) is 4.80. The maximum Gasteiger partial charge on any atom is 0.303 e. The van der Waals surface area contributed by atoms with Crippen molar-refractivity contribution < 1.29 is 9.90 Å². The van der Waals surface area contributed by atoms with Crippen LogP contribution in [0.3, 0.4) is 0 Å². The summed E-state index contributed by atoms with van der Waals surface area (Å²) in [6, 6.07) is 6.13. The lowest BCUT2D eigenvalue weighted by atomic mass is 10.2. The molecule has 0 aromatic heterocycles. The first kappa shape index (κ1) is 13.0. The minimum absolute atomic E-state index is 0.222. The number of nitrogens with zero attached hydrogens (tertiary/aromatic N) is 1. The molecule has 0 aliphatic rings. The van der Waals surface area contributed by atoms with Gasteiger partial charge in [-0.2, -0.15) is 0 Å². The number of aryl methyl sites for hydroxylation is 1. The first-order valence-corrected chi connectivity index (χ1v) is 5.99. The molecule has 0 saturated heterocycles. The van der Waals surface area contributed by atoms with E-state index in [2.05, 4.69) is 26.9 Å². The molecule has 0 bridgehead atoms. The Bertz CT molecular complexity index is 379. The Morgan fingerprint density at radius 1 is 1.50 bits per heavy atom. The highest BCUT2D eigenvalue weighted by Crippen LogP contribution is 2.22. The molecule has 0 aliphatic heterocycles. The molecule has 0 amide bonds. The largest absolute Gasteiger partial charge is 0.481 e. The fourth-order valence-corrected chi connectivity index (χ4v) is 1.71. The number of carboxylic acids is 1. The third-order valence-corrected chi connectivity index (χ3v) is 3.36. The van der Waals surface area contributed by atoms with Crippen molar-refractivity contribution in [2.75, 3.05) is 18.5 Å². The van der Waals surface area contributed by atoms with Gasteiger partial charge in [0, 0.05) is 30.2 Å². The predicted molar refractivity (Wildman–Crippen MR) is 69.0 cm³/mol. The highest BCUT2D eigenvalue weighted by atomic mass is 79.9. The number of halogens is 1. The number of hydrogen-bond donors (Lipinski definition) is 1. The molecule has 0 spiro atoms. The van der Waals surface area contributed by atoms with Crippen molar-refractivity contribution in [1.29, 1.82) is 0 Å². The molecule has 16 heavy (non-hydrogen) atoms. The van der Waals surface area contributed by atoms with Crippen LogP contribution in [0.4, 0.5) is 5.69 Å². The lowest BCUT2D eigenvalue weighted by Gasteiger charge is -2.19. The lowest BCUT2D eigenvalue weighted by molar-refractivity contribution is -0.137. The van der Waals surface area contributed by atoms with Crippen LogP contribution in [-0.2, 0) is 4.79 Å². The zero-order valence-electron chi connectivity index (χ0n) is 9.53. The number of anilines is 1. The quantitative estimate of drug-likeness (QED) is 0.904. The summed E-state index contributed by atoms with van der Waals surface area (Å²) in [7, 11) is 1.98. The first-order valence-electron chi connectivity index (χ1n) is 5.20. The van der Waals surface area contributed by atoms with E-state index in [0.717, 1.165) is 16.7 Å². The Hall–Kier alpha value is -1.03. The van der Waals surface area contributed by atoms with Gasteiger partial charge in [0.15, 0.2) is 0 Å². The third-order valence-electron chi connectivity index (χ3n) is 2.47. The van der Waals surface area contributed by atoms with E-state index in [4.69, 9.17) is 5.11 Å². The fraction of sp³-hybridized carbons (Fsp3) is 0.417. The topological polar surface area (TPSA) is 40.5 Å². The molecule has 1 aromatic rings. The van der Waals surface area contributed by atoms with Gasteiger partial charge in [0.2, 0.25) is 0 Å². The maximum atomic E-state index is 10.4. The monoisotopic (exact) mass is 285 g/mol. The Balaban J connectivity index is 2.55. The highest BCUT2D eigenvalue weighted by Gasteiger charge is 2.04. The SMILES string of the molecule is Cc1cc(N(C)CCCC(=O)O)ccc1Br. The van der Waals surface area contributed by atoms with E-state index in [-0.39, 0.29) is 6.42 Å². The van der Waals surface area contributed by atoms with Gasteiger partial charge in [-0.25, -0.2) is 0 Å². The fourth-order valence-electron chi connectivity index (χ4n) is 1.46. The van der Waals surface area contributed by atoms with E-state index < -0.39 is 5.97 Å². The van der Waals surface area contributed by atoms with E-state index in [1.165, 1.54) is 5.56 Å². The van der Waals surface area contributed by atoms with Gasteiger partial charge in [-0.1, -0.05) is 15.9 Å². The number of carbonyl (C=O) groups is 1. The van der Waals surface area contributed by atoms with Crippen molar-refractivity contribution in [3.63, 3.8) is 0 Å². The zero-order valence-corrected chi connectivity index (χ0v) is 11.1. The minimum Gasteiger partial charge on any atom is -0.481 e. The molecule has 0 saturated carbocycles.